The number of hydrogen-bond donors (Lipinski definition) is 1. The summed E-state index contributed by atoms with van der Waals surface area (Å²) in [4.78, 5) is 4.38. The molecule has 1 aromatic carbocycles. The van der Waals surface area contributed by atoms with E-state index >= 15 is 0 Å². The molecule has 1 fully saturated rings. The van der Waals surface area contributed by atoms with E-state index in [1.807, 2.05) is 30.5 Å². The highest BCUT2D eigenvalue weighted by Gasteiger charge is 2.21. The zero-order valence-electron chi connectivity index (χ0n) is 10.0. The van der Waals surface area contributed by atoms with Crippen LogP contribution in [0.4, 0.5) is 0 Å². The van der Waals surface area contributed by atoms with Crippen LogP contribution in [0.5, 0.6) is 0 Å². The lowest BCUT2D eigenvalue weighted by atomic mass is 10.1. The van der Waals surface area contributed by atoms with Crippen LogP contribution in [0, 0.1) is 0 Å². The second-order valence-electron chi connectivity index (χ2n) is 4.66. The van der Waals surface area contributed by atoms with Gasteiger partial charge in [-0.1, -0.05) is 23.7 Å². The van der Waals surface area contributed by atoms with Crippen molar-refractivity contribution < 1.29 is 4.42 Å². The largest absolute Gasteiger partial charge is 0.445 e. The Morgan fingerprint density at radius 2 is 2.39 bits per heavy atom. The number of aromatic nitrogens is 1. The third kappa shape index (κ3) is 2.57. The van der Waals surface area contributed by atoms with Crippen LogP contribution in [0.25, 0.3) is 0 Å². The number of benzene rings is 1. The smallest absolute Gasteiger partial charge is 0.198 e. The zero-order valence-corrected chi connectivity index (χ0v) is 10.8. The Kier molecular flexibility index (Phi) is 3.35. The summed E-state index contributed by atoms with van der Waals surface area (Å²) in [5.41, 5.74) is 1.15. The van der Waals surface area contributed by atoms with Gasteiger partial charge in [0.2, 0.25) is 0 Å². The summed E-state index contributed by atoms with van der Waals surface area (Å²) in [7, 11) is 0. The molecule has 4 heteroatoms. The molecule has 1 aliphatic rings. The van der Waals surface area contributed by atoms with Crippen molar-refractivity contribution in [3.05, 3.63) is 52.7 Å². The second-order valence-corrected chi connectivity index (χ2v) is 5.10. The maximum absolute atomic E-state index is 5.97. The first-order chi connectivity index (χ1) is 8.81. The summed E-state index contributed by atoms with van der Waals surface area (Å²) in [5.74, 6) is 2.19. The average molecular weight is 263 g/mol. The first-order valence-corrected chi connectivity index (χ1v) is 6.59. The Balaban J connectivity index is 1.73. The molecule has 0 aliphatic carbocycles. The van der Waals surface area contributed by atoms with Crippen molar-refractivity contribution in [2.75, 3.05) is 13.1 Å². The minimum Gasteiger partial charge on any atom is -0.445 e. The van der Waals surface area contributed by atoms with Crippen molar-refractivity contribution in [2.45, 2.75) is 18.8 Å². The topological polar surface area (TPSA) is 38.1 Å². The van der Waals surface area contributed by atoms with E-state index < -0.39 is 0 Å². The van der Waals surface area contributed by atoms with Crippen molar-refractivity contribution in [1.82, 2.24) is 10.3 Å². The maximum Gasteiger partial charge on any atom is 0.198 e. The van der Waals surface area contributed by atoms with E-state index in [9.17, 15) is 0 Å². The van der Waals surface area contributed by atoms with Gasteiger partial charge in [-0.3, -0.25) is 0 Å². The van der Waals surface area contributed by atoms with E-state index in [-0.39, 0.29) is 0 Å². The van der Waals surface area contributed by atoms with Crippen LogP contribution in [-0.4, -0.2) is 18.1 Å². The maximum atomic E-state index is 5.97. The summed E-state index contributed by atoms with van der Waals surface area (Å²) < 4.78 is 5.82. The summed E-state index contributed by atoms with van der Waals surface area (Å²) in [6, 6.07) is 7.84. The third-order valence-corrected chi connectivity index (χ3v) is 3.48. The molecule has 3 rings (SSSR count). The molecule has 0 amide bonds. The van der Waals surface area contributed by atoms with Gasteiger partial charge < -0.3 is 9.73 Å². The summed E-state index contributed by atoms with van der Waals surface area (Å²) in [6.45, 7) is 2.02. The normalized spacial score (nSPS) is 19.3. The molecule has 18 heavy (non-hydrogen) atoms. The van der Waals surface area contributed by atoms with Crippen molar-refractivity contribution in [1.29, 1.82) is 0 Å². The molecule has 1 unspecified atom stereocenters. The standard InChI is InChI=1S/C14H15ClN2O/c15-12-3-1-2-10(6-12)7-13-9-17-14(18-13)11-4-5-16-8-11/h1-3,6,9,11,16H,4-5,7-8H2. The lowest BCUT2D eigenvalue weighted by Gasteiger charge is -2.02. The highest BCUT2D eigenvalue weighted by molar-refractivity contribution is 6.30. The van der Waals surface area contributed by atoms with Crippen LogP contribution in [0.2, 0.25) is 5.02 Å². The molecule has 2 heterocycles. The van der Waals surface area contributed by atoms with Crippen LogP contribution in [0.3, 0.4) is 0 Å². The predicted octanol–water partition coefficient (Wildman–Crippen LogP) is 3.00. The minimum atomic E-state index is 0.429. The van der Waals surface area contributed by atoms with E-state index in [2.05, 4.69) is 10.3 Å². The number of hydrogen-bond acceptors (Lipinski definition) is 3. The van der Waals surface area contributed by atoms with Gasteiger partial charge in [-0.15, -0.1) is 0 Å². The van der Waals surface area contributed by atoms with Crippen LogP contribution < -0.4 is 5.32 Å². The van der Waals surface area contributed by atoms with Crippen molar-refractivity contribution in [3.63, 3.8) is 0 Å². The number of nitrogens with one attached hydrogen (secondary N) is 1. The minimum absolute atomic E-state index is 0.429. The fourth-order valence-electron chi connectivity index (χ4n) is 2.31. The van der Waals surface area contributed by atoms with E-state index in [0.717, 1.165) is 48.2 Å². The molecule has 3 nitrogen and oxygen atoms in total. The molecular weight excluding hydrogens is 248 g/mol. The monoisotopic (exact) mass is 262 g/mol. The molecule has 1 aromatic heterocycles. The molecule has 1 saturated heterocycles. The summed E-state index contributed by atoms with van der Waals surface area (Å²) >= 11 is 5.97. The SMILES string of the molecule is Clc1cccc(Cc2cnc(C3CCNC3)o2)c1. The zero-order chi connectivity index (χ0) is 12.4. The molecule has 0 radical (unpaired) electrons. The fraction of sp³-hybridized carbons (Fsp3) is 0.357. The van der Waals surface area contributed by atoms with E-state index in [0.29, 0.717) is 5.92 Å². The highest BCUT2D eigenvalue weighted by atomic mass is 35.5. The molecule has 1 aliphatic heterocycles. The highest BCUT2D eigenvalue weighted by Crippen LogP contribution is 2.23. The lowest BCUT2D eigenvalue weighted by molar-refractivity contribution is 0.432. The first kappa shape index (κ1) is 11.8. The average Bonchev–Trinajstić information content (AvgIpc) is 2.98. The van der Waals surface area contributed by atoms with Gasteiger partial charge in [-0.2, -0.15) is 0 Å². The molecule has 1 N–H and O–H groups in total. The molecular formula is C14H15ClN2O. The molecule has 0 saturated carbocycles. The Bertz CT molecular complexity index is 532. The Morgan fingerprint density at radius 3 is 3.17 bits per heavy atom. The molecule has 0 spiro atoms. The van der Waals surface area contributed by atoms with E-state index in [4.69, 9.17) is 16.0 Å². The Hall–Kier alpha value is -1.32. The van der Waals surface area contributed by atoms with Crippen molar-refractivity contribution >= 4 is 11.6 Å². The predicted molar refractivity (Wildman–Crippen MR) is 71.0 cm³/mol. The number of rotatable bonds is 3. The van der Waals surface area contributed by atoms with Gasteiger partial charge in [0, 0.05) is 23.9 Å². The van der Waals surface area contributed by atoms with Gasteiger partial charge in [0.25, 0.3) is 0 Å². The van der Waals surface area contributed by atoms with Gasteiger partial charge in [0.1, 0.15) is 5.76 Å². The third-order valence-electron chi connectivity index (χ3n) is 3.25. The fourth-order valence-corrected chi connectivity index (χ4v) is 2.52. The Morgan fingerprint density at radius 1 is 1.44 bits per heavy atom. The summed E-state index contributed by atoms with van der Waals surface area (Å²) in [5, 5.41) is 4.08. The van der Waals surface area contributed by atoms with Crippen molar-refractivity contribution in [3.8, 4) is 0 Å². The second kappa shape index (κ2) is 5.12. The van der Waals surface area contributed by atoms with Gasteiger partial charge in [-0.25, -0.2) is 4.98 Å². The molecule has 0 bridgehead atoms. The van der Waals surface area contributed by atoms with E-state index in [1.54, 1.807) is 0 Å². The Labute approximate surface area is 111 Å². The lowest BCUT2D eigenvalue weighted by Crippen LogP contribution is -2.07. The molecule has 94 valence electrons. The van der Waals surface area contributed by atoms with Crippen molar-refractivity contribution in [2.24, 2.45) is 0 Å². The van der Waals surface area contributed by atoms with E-state index in [1.165, 1.54) is 0 Å². The van der Waals surface area contributed by atoms with Gasteiger partial charge in [0.15, 0.2) is 5.89 Å². The first-order valence-electron chi connectivity index (χ1n) is 6.21. The van der Waals surface area contributed by atoms with Crippen LogP contribution >= 0.6 is 11.6 Å². The van der Waals surface area contributed by atoms with Crippen LogP contribution in [0.15, 0.2) is 34.9 Å². The van der Waals surface area contributed by atoms with Crippen LogP contribution in [-0.2, 0) is 6.42 Å². The summed E-state index contributed by atoms with van der Waals surface area (Å²) in [6.07, 6.45) is 3.68. The quantitative estimate of drug-likeness (QED) is 0.924. The molecule has 1 atom stereocenters. The van der Waals surface area contributed by atoms with Gasteiger partial charge in [0.05, 0.1) is 6.20 Å². The van der Waals surface area contributed by atoms with Gasteiger partial charge in [-0.05, 0) is 30.7 Å². The molecule has 2 aromatic rings. The van der Waals surface area contributed by atoms with Crippen LogP contribution in [0.1, 0.15) is 29.6 Å². The number of nitrogens with zero attached hydrogens (tertiary/aromatic N) is 1. The van der Waals surface area contributed by atoms with Gasteiger partial charge >= 0.3 is 0 Å². The number of halogens is 1. The number of oxazole rings is 1.